The minimum absolute atomic E-state index is 0.0706. The van der Waals surface area contributed by atoms with E-state index in [0.29, 0.717) is 11.3 Å². The monoisotopic (exact) mass is 691 g/mol. The summed E-state index contributed by atoms with van der Waals surface area (Å²) in [6.45, 7) is 0.466. The van der Waals surface area contributed by atoms with Crippen molar-refractivity contribution < 1.29 is 32.7 Å². The quantitative estimate of drug-likeness (QED) is 0.237. The molecule has 0 aliphatic carbocycles. The molecule has 3 aromatic rings. The predicted octanol–water partition coefficient (Wildman–Crippen LogP) is 5.13. The van der Waals surface area contributed by atoms with Crippen LogP contribution in [0, 0.1) is 5.92 Å². The smallest absolute Gasteiger partial charge is 0.433 e. The number of benzene rings is 2. The highest BCUT2D eigenvalue weighted by Gasteiger charge is 2.34. The topological polar surface area (TPSA) is 125 Å². The fraction of sp³-hybridized carbons (Fsp3) is 0.300. The highest BCUT2D eigenvalue weighted by Crippen LogP contribution is 2.29. The van der Waals surface area contributed by atoms with Crippen molar-refractivity contribution in [1.82, 2.24) is 20.6 Å². The second-order valence-electron chi connectivity index (χ2n) is 9.96. The number of nitrogens with one attached hydrogen (secondary N) is 2. The molecule has 0 spiro atoms. The van der Waals surface area contributed by atoms with Crippen LogP contribution in [0.25, 0.3) is 6.08 Å². The van der Waals surface area contributed by atoms with Gasteiger partial charge in [0, 0.05) is 41.2 Å². The molecule has 2 aromatic carbocycles. The van der Waals surface area contributed by atoms with Gasteiger partial charge >= 0.3 is 12.1 Å². The molecule has 1 saturated heterocycles. The Hall–Kier alpha value is -3.91. The van der Waals surface area contributed by atoms with Crippen molar-refractivity contribution in [3.63, 3.8) is 0 Å². The van der Waals surface area contributed by atoms with Crippen LogP contribution in [0.1, 0.15) is 29.7 Å². The van der Waals surface area contributed by atoms with Crippen molar-refractivity contribution in [2.24, 2.45) is 5.92 Å². The standard InChI is InChI=1S/C30H29BrF3N5O4S/c31-22-8-6-19(7-9-22)16-23(27(41)37-24(28(42)43)18-44-17-20-4-2-1-3-5-20)36-26(40)21-11-14-39(15-12-21)29-35-13-10-25(38-29)30(32,33)34/h1-10,13,16,21,24H,11-12,14-15,17-18H2,(H,36,40)(H,37,41)(H,42,43)/t24-/m0/s1. The molecule has 2 amide bonds. The van der Waals surface area contributed by atoms with Crippen LogP contribution in [0.15, 0.2) is 77.0 Å². The van der Waals surface area contributed by atoms with Crippen LogP contribution in [-0.2, 0) is 26.3 Å². The number of carbonyl (C=O) groups is 3. The Balaban J connectivity index is 1.42. The van der Waals surface area contributed by atoms with Crippen LogP contribution in [0.3, 0.4) is 0 Å². The first-order chi connectivity index (χ1) is 21.0. The van der Waals surface area contributed by atoms with Gasteiger partial charge < -0.3 is 20.6 Å². The molecular formula is C30H29BrF3N5O4S. The minimum atomic E-state index is -4.60. The molecule has 2 heterocycles. The minimum Gasteiger partial charge on any atom is -0.480 e. The second kappa shape index (κ2) is 15.2. The van der Waals surface area contributed by atoms with E-state index in [1.807, 2.05) is 30.3 Å². The molecule has 232 valence electrons. The lowest BCUT2D eigenvalue weighted by atomic mass is 9.96. The van der Waals surface area contributed by atoms with E-state index >= 15 is 0 Å². The number of hydrogen-bond donors (Lipinski definition) is 3. The van der Waals surface area contributed by atoms with E-state index in [1.165, 1.54) is 17.8 Å². The molecular weight excluding hydrogens is 663 g/mol. The summed E-state index contributed by atoms with van der Waals surface area (Å²) in [5.41, 5.74) is 0.441. The third kappa shape index (κ3) is 9.55. The van der Waals surface area contributed by atoms with Crippen molar-refractivity contribution in [2.45, 2.75) is 30.8 Å². The van der Waals surface area contributed by atoms with Gasteiger partial charge in [-0.05, 0) is 48.2 Å². The zero-order chi connectivity index (χ0) is 31.7. The van der Waals surface area contributed by atoms with Crippen molar-refractivity contribution in [3.8, 4) is 0 Å². The van der Waals surface area contributed by atoms with Crippen LogP contribution < -0.4 is 15.5 Å². The Morgan fingerprint density at radius 3 is 2.39 bits per heavy atom. The lowest BCUT2D eigenvalue weighted by Gasteiger charge is -2.31. The third-order valence-corrected chi connectivity index (χ3v) is 8.40. The fourth-order valence-electron chi connectivity index (χ4n) is 4.40. The summed E-state index contributed by atoms with van der Waals surface area (Å²) >= 11 is 4.71. The fourth-order valence-corrected chi connectivity index (χ4v) is 5.67. The van der Waals surface area contributed by atoms with E-state index in [1.54, 1.807) is 29.2 Å². The van der Waals surface area contributed by atoms with Crippen molar-refractivity contribution in [3.05, 3.63) is 93.9 Å². The number of aliphatic carboxylic acids is 1. The van der Waals surface area contributed by atoms with Crippen LogP contribution >= 0.6 is 27.7 Å². The maximum atomic E-state index is 13.3. The Bertz CT molecular complexity index is 1480. The molecule has 3 N–H and O–H groups in total. The van der Waals surface area contributed by atoms with Gasteiger partial charge in [0.1, 0.15) is 17.4 Å². The van der Waals surface area contributed by atoms with Crippen LogP contribution in [0.5, 0.6) is 0 Å². The van der Waals surface area contributed by atoms with Gasteiger partial charge in [-0.2, -0.15) is 24.9 Å². The van der Waals surface area contributed by atoms with Crippen LogP contribution in [-0.4, -0.2) is 57.7 Å². The predicted molar refractivity (Wildman–Crippen MR) is 164 cm³/mol. The molecule has 0 bridgehead atoms. The highest BCUT2D eigenvalue weighted by atomic mass is 79.9. The van der Waals surface area contributed by atoms with Crippen molar-refractivity contribution in [1.29, 1.82) is 0 Å². The normalized spacial score (nSPS) is 15.0. The summed E-state index contributed by atoms with van der Waals surface area (Å²) in [5, 5.41) is 15.0. The Labute approximate surface area is 264 Å². The number of anilines is 1. The van der Waals surface area contributed by atoms with Gasteiger partial charge in [0.2, 0.25) is 11.9 Å². The second-order valence-corrected chi connectivity index (χ2v) is 11.9. The van der Waals surface area contributed by atoms with Gasteiger partial charge in [0.15, 0.2) is 0 Å². The molecule has 44 heavy (non-hydrogen) atoms. The van der Waals surface area contributed by atoms with Crippen LogP contribution in [0.4, 0.5) is 19.1 Å². The van der Waals surface area contributed by atoms with Gasteiger partial charge in [-0.15, -0.1) is 0 Å². The number of alkyl halides is 3. The number of hydrogen-bond acceptors (Lipinski definition) is 7. The number of piperidine rings is 1. The molecule has 1 atom stereocenters. The zero-order valence-electron chi connectivity index (χ0n) is 23.3. The molecule has 0 saturated carbocycles. The van der Waals surface area contributed by atoms with E-state index in [0.717, 1.165) is 22.3 Å². The number of nitrogens with zero attached hydrogens (tertiary/aromatic N) is 3. The van der Waals surface area contributed by atoms with Gasteiger partial charge in [0.25, 0.3) is 5.91 Å². The van der Waals surface area contributed by atoms with Gasteiger partial charge in [-0.25, -0.2) is 14.8 Å². The average Bonchev–Trinajstić information content (AvgIpc) is 3.01. The van der Waals surface area contributed by atoms with Crippen molar-refractivity contribution >= 4 is 57.5 Å². The number of carbonyl (C=O) groups excluding carboxylic acids is 2. The summed E-state index contributed by atoms with van der Waals surface area (Å²) in [6, 6.07) is 16.1. The SMILES string of the molecule is O=C(N[C@@H](CSCc1ccccc1)C(=O)O)C(=Cc1ccc(Br)cc1)NC(=O)C1CCN(c2nccc(C(F)(F)F)n2)CC1. The summed E-state index contributed by atoms with van der Waals surface area (Å²) in [7, 11) is 0. The van der Waals surface area contributed by atoms with Gasteiger partial charge in [-0.3, -0.25) is 9.59 Å². The maximum Gasteiger partial charge on any atom is 0.433 e. The third-order valence-electron chi connectivity index (χ3n) is 6.76. The first-order valence-corrected chi connectivity index (χ1v) is 15.5. The van der Waals surface area contributed by atoms with Crippen LogP contribution in [0.2, 0.25) is 0 Å². The van der Waals surface area contributed by atoms with Gasteiger partial charge in [-0.1, -0.05) is 58.4 Å². The zero-order valence-corrected chi connectivity index (χ0v) is 25.7. The van der Waals surface area contributed by atoms with Gasteiger partial charge in [0.05, 0.1) is 0 Å². The first kappa shape index (κ1) is 33.0. The number of carboxylic acids is 1. The van der Waals surface area contributed by atoms with Crippen molar-refractivity contribution in [2.75, 3.05) is 23.7 Å². The summed E-state index contributed by atoms with van der Waals surface area (Å²) in [4.78, 5) is 47.7. The molecule has 0 unspecified atom stereocenters. The first-order valence-electron chi connectivity index (χ1n) is 13.6. The summed E-state index contributed by atoms with van der Waals surface area (Å²) in [6.07, 6.45) is -1.53. The molecule has 4 rings (SSSR count). The number of rotatable bonds is 11. The lowest BCUT2D eigenvalue weighted by Crippen LogP contribution is -2.47. The number of halogens is 4. The molecule has 1 aliphatic heterocycles. The Kier molecular flexibility index (Phi) is 11.4. The lowest BCUT2D eigenvalue weighted by molar-refractivity contribution is -0.141. The summed E-state index contributed by atoms with van der Waals surface area (Å²) in [5.74, 6) is -2.39. The molecule has 1 aliphatic rings. The number of carboxylic acid groups (broad SMARTS) is 1. The Morgan fingerprint density at radius 1 is 1.07 bits per heavy atom. The number of amides is 2. The molecule has 14 heteroatoms. The molecule has 0 radical (unpaired) electrons. The van der Waals surface area contributed by atoms with E-state index in [9.17, 15) is 32.7 Å². The van der Waals surface area contributed by atoms with E-state index in [-0.39, 0.29) is 43.3 Å². The summed E-state index contributed by atoms with van der Waals surface area (Å²) < 4.78 is 40.1. The van der Waals surface area contributed by atoms with E-state index in [2.05, 4.69) is 36.5 Å². The average molecular weight is 693 g/mol. The largest absolute Gasteiger partial charge is 0.480 e. The highest BCUT2D eigenvalue weighted by molar-refractivity contribution is 9.10. The maximum absolute atomic E-state index is 13.3. The number of thioether (sulfide) groups is 1. The van der Waals surface area contributed by atoms with E-state index in [4.69, 9.17) is 0 Å². The molecule has 1 aromatic heterocycles. The molecule has 9 nitrogen and oxygen atoms in total. The molecule has 1 fully saturated rings. The Morgan fingerprint density at radius 2 is 1.75 bits per heavy atom. The van der Waals surface area contributed by atoms with E-state index < -0.39 is 41.6 Å². The number of aromatic nitrogens is 2.